The highest BCUT2D eigenvalue weighted by molar-refractivity contribution is 7.89. The summed E-state index contributed by atoms with van der Waals surface area (Å²) in [5, 5.41) is 11.9. The molecule has 1 atom stereocenters. The normalized spacial score (nSPS) is 12.5. The highest BCUT2D eigenvalue weighted by Gasteiger charge is 2.20. The standard InChI is InChI=1S/C21H24N4O3S2/c1-3-18(16-7-5-4-6-8-16)20(26)23-21-25-24-19(29-21)13-14-22-30(27,28)17-11-9-15(2)10-12-17/h4-12,18,22H,3,13-14H2,1-2H3,(H,23,25,26). The van der Waals surface area contributed by atoms with Crippen molar-refractivity contribution in [3.05, 3.63) is 70.7 Å². The number of hydrogen-bond donors (Lipinski definition) is 2. The molecule has 0 fully saturated rings. The Labute approximate surface area is 180 Å². The summed E-state index contributed by atoms with van der Waals surface area (Å²) in [7, 11) is -3.57. The van der Waals surface area contributed by atoms with Gasteiger partial charge < -0.3 is 0 Å². The fraction of sp³-hybridized carbons (Fsp3) is 0.286. The fourth-order valence-corrected chi connectivity index (χ4v) is 4.72. The van der Waals surface area contributed by atoms with Gasteiger partial charge in [-0.25, -0.2) is 13.1 Å². The molecule has 0 saturated carbocycles. The first-order chi connectivity index (χ1) is 14.4. The van der Waals surface area contributed by atoms with E-state index in [0.29, 0.717) is 23.0 Å². The zero-order valence-electron chi connectivity index (χ0n) is 16.8. The van der Waals surface area contributed by atoms with Gasteiger partial charge in [-0.15, -0.1) is 10.2 Å². The molecular formula is C21H24N4O3S2. The van der Waals surface area contributed by atoms with Crippen molar-refractivity contribution in [3.8, 4) is 0 Å². The number of sulfonamides is 1. The maximum atomic E-state index is 12.6. The molecule has 1 unspecified atom stereocenters. The van der Waals surface area contributed by atoms with Gasteiger partial charge in [-0.3, -0.25) is 10.1 Å². The molecule has 2 N–H and O–H groups in total. The Bertz CT molecular complexity index is 1080. The summed E-state index contributed by atoms with van der Waals surface area (Å²) in [5.41, 5.74) is 1.95. The van der Waals surface area contributed by atoms with E-state index >= 15 is 0 Å². The third kappa shape index (κ3) is 5.71. The number of carbonyl (C=O) groups is 1. The van der Waals surface area contributed by atoms with E-state index in [4.69, 9.17) is 0 Å². The van der Waals surface area contributed by atoms with Crippen LogP contribution in [0.15, 0.2) is 59.5 Å². The predicted octanol–water partition coefficient (Wildman–Crippen LogP) is 3.50. The van der Waals surface area contributed by atoms with Gasteiger partial charge in [-0.1, -0.05) is 66.3 Å². The summed E-state index contributed by atoms with van der Waals surface area (Å²) >= 11 is 1.24. The minimum absolute atomic E-state index is 0.133. The predicted molar refractivity (Wildman–Crippen MR) is 118 cm³/mol. The Kier molecular flexibility index (Phi) is 7.30. The fourth-order valence-electron chi connectivity index (χ4n) is 2.95. The Balaban J connectivity index is 1.55. The first-order valence-corrected chi connectivity index (χ1v) is 11.9. The molecule has 2 aromatic carbocycles. The van der Waals surface area contributed by atoms with Crippen molar-refractivity contribution in [2.24, 2.45) is 0 Å². The maximum Gasteiger partial charge on any atom is 0.240 e. The van der Waals surface area contributed by atoms with Crippen LogP contribution in [-0.4, -0.2) is 31.1 Å². The van der Waals surface area contributed by atoms with E-state index < -0.39 is 10.0 Å². The van der Waals surface area contributed by atoms with Crippen LogP contribution < -0.4 is 10.0 Å². The molecule has 1 amide bonds. The monoisotopic (exact) mass is 444 g/mol. The van der Waals surface area contributed by atoms with Crippen molar-refractivity contribution >= 4 is 32.4 Å². The zero-order chi connectivity index (χ0) is 21.6. The van der Waals surface area contributed by atoms with Crippen LogP contribution in [0.5, 0.6) is 0 Å². The molecule has 0 radical (unpaired) electrons. The van der Waals surface area contributed by atoms with Crippen molar-refractivity contribution in [1.82, 2.24) is 14.9 Å². The van der Waals surface area contributed by atoms with Crippen LogP contribution in [0.3, 0.4) is 0 Å². The third-order valence-corrected chi connectivity index (χ3v) is 6.96. The van der Waals surface area contributed by atoms with E-state index in [1.165, 1.54) is 11.3 Å². The number of nitrogens with zero attached hydrogens (tertiary/aromatic N) is 2. The average molecular weight is 445 g/mol. The van der Waals surface area contributed by atoms with E-state index in [1.807, 2.05) is 44.2 Å². The summed E-state index contributed by atoms with van der Waals surface area (Å²) in [6, 6.07) is 16.3. The molecule has 9 heteroatoms. The van der Waals surface area contributed by atoms with E-state index in [9.17, 15) is 13.2 Å². The summed E-state index contributed by atoms with van der Waals surface area (Å²) in [6.07, 6.45) is 1.05. The van der Waals surface area contributed by atoms with E-state index in [0.717, 1.165) is 11.1 Å². The molecule has 0 bridgehead atoms. The van der Waals surface area contributed by atoms with Gasteiger partial charge in [0.2, 0.25) is 21.1 Å². The zero-order valence-corrected chi connectivity index (χ0v) is 18.5. The van der Waals surface area contributed by atoms with Gasteiger partial charge in [0.15, 0.2) is 0 Å². The molecule has 7 nitrogen and oxygen atoms in total. The molecule has 0 aliphatic rings. The molecule has 30 heavy (non-hydrogen) atoms. The lowest BCUT2D eigenvalue weighted by molar-refractivity contribution is -0.117. The van der Waals surface area contributed by atoms with Gasteiger partial charge in [-0.2, -0.15) is 0 Å². The van der Waals surface area contributed by atoms with Crippen LogP contribution in [0.25, 0.3) is 0 Å². The van der Waals surface area contributed by atoms with Crippen LogP contribution in [0.1, 0.15) is 35.4 Å². The molecule has 3 rings (SSSR count). The Morgan fingerprint density at radius 3 is 2.43 bits per heavy atom. The summed E-state index contributed by atoms with van der Waals surface area (Å²) in [5.74, 6) is -0.397. The number of anilines is 1. The van der Waals surface area contributed by atoms with Gasteiger partial charge >= 0.3 is 0 Å². The lowest BCUT2D eigenvalue weighted by Crippen LogP contribution is -2.25. The maximum absolute atomic E-state index is 12.6. The van der Waals surface area contributed by atoms with Crippen molar-refractivity contribution in [2.45, 2.75) is 37.5 Å². The van der Waals surface area contributed by atoms with Gasteiger partial charge in [0.25, 0.3) is 0 Å². The molecule has 158 valence electrons. The first kappa shape index (κ1) is 22.1. The summed E-state index contributed by atoms with van der Waals surface area (Å²) in [4.78, 5) is 12.8. The van der Waals surface area contributed by atoms with Crippen LogP contribution in [-0.2, 0) is 21.2 Å². The topological polar surface area (TPSA) is 101 Å². The minimum atomic E-state index is -3.57. The highest BCUT2D eigenvalue weighted by atomic mass is 32.2. The number of amides is 1. The number of rotatable bonds is 9. The highest BCUT2D eigenvalue weighted by Crippen LogP contribution is 2.23. The number of aromatic nitrogens is 2. The van der Waals surface area contributed by atoms with Crippen LogP contribution in [0, 0.1) is 6.92 Å². The molecule has 0 saturated heterocycles. The van der Waals surface area contributed by atoms with Crippen LogP contribution in [0.4, 0.5) is 5.13 Å². The van der Waals surface area contributed by atoms with E-state index in [1.54, 1.807) is 24.3 Å². The second-order valence-electron chi connectivity index (χ2n) is 6.82. The largest absolute Gasteiger partial charge is 0.300 e. The number of benzene rings is 2. The van der Waals surface area contributed by atoms with Crippen LogP contribution in [0.2, 0.25) is 0 Å². The Hall–Kier alpha value is -2.62. The lowest BCUT2D eigenvalue weighted by atomic mass is 9.96. The second-order valence-corrected chi connectivity index (χ2v) is 9.65. The van der Waals surface area contributed by atoms with Gasteiger partial charge in [0.1, 0.15) is 5.01 Å². The second kappa shape index (κ2) is 9.92. The number of nitrogens with one attached hydrogen (secondary N) is 2. The van der Waals surface area contributed by atoms with Gasteiger partial charge in [0.05, 0.1) is 10.8 Å². The molecule has 1 heterocycles. The average Bonchev–Trinajstić information content (AvgIpc) is 3.16. The Morgan fingerprint density at radius 1 is 1.07 bits per heavy atom. The minimum Gasteiger partial charge on any atom is -0.300 e. The van der Waals surface area contributed by atoms with Crippen molar-refractivity contribution in [3.63, 3.8) is 0 Å². The van der Waals surface area contributed by atoms with Crippen molar-refractivity contribution < 1.29 is 13.2 Å². The summed E-state index contributed by atoms with van der Waals surface area (Å²) in [6.45, 7) is 4.06. The van der Waals surface area contributed by atoms with Gasteiger partial charge in [-0.05, 0) is 31.0 Å². The Morgan fingerprint density at radius 2 is 1.77 bits per heavy atom. The van der Waals surface area contributed by atoms with Crippen molar-refractivity contribution in [1.29, 1.82) is 0 Å². The van der Waals surface area contributed by atoms with Crippen LogP contribution >= 0.6 is 11.3 Å². The quantitative estimate of drug-likeness (QED) is 0.526. The molecule has 0 aliphatic carbocycles. The van der Waals surface area contributed by atoms with E-state index in [-0.39, 0.29) is 23.3 Å². The van der Waals surface area contributed by atoms with Crippen molar-refractivity contribution in [2.75, 3.05) is 11.9 Å². The first-order valence-electron chi connectivity index (χ1n) is 9.63. The lowest BCUT2D eigenvalue weighted by Gasteiger charge is -2.13. The smallest absolute Gasteiger partial charge is 0.240 e. The third-order valence-electron chi connectivity index (χ3n) is 4.59. The van der Waals surface area contributed by atoms with Gasteiger partial charge in [0, 0.05) is 13.0 Å². The SMILES string of the molecule is CCC(C(=O)Nc1nnc(CCNS(=O)(=O)c2ccc(C)cc2)s1)c1ccccc1. The molecular weight excluding hydrogens is 420 g/mol. The number of aryl methyl sites for hydroxylation is 1. The number of hydrogen-bond acceptors (Lipinski definition) is 6. The molecule has 0 spiro atoms. The number of carbonyl (C=O) groups excluding carboxylic acids is 1. The summed E-state index contributed by atoms with van der Waals surface area (Å²) < 4.78 is 27.2. The molecule has 0 aliphatic heterocycles. The van der Waals surface area contributed by atoms with E-state index in [2.05, 4.69) is 20.2 Å². The molecule has 3 aromatic rings. The molecule has 1 aromatic heterocycles.